The smallest absolute Gasteiger partial charge is 0.190 e. The summed E-state index contributed by atoms with van der Waals surface area (Å²) >= 11 is 0. The summed E-state index contributed by atoms with van der Waals surface area (Å²) in [6.07, 6.45) is 3.77. The van der Waals surface area contributed by atoms with E-state index in [1.54, 1.807) is 0 Å². The van der Waals surface area contributed by atoms with Gasteiger partial charge in [0.15, 0.2) is 5.96 Å². The van der Waals surface area contributed by atoms with Gasteiger partial charge in [-0.25, -0.2) is 0 Å². The zero-order valence-electron chi connectivity index (χ0n) is 11.8. The lowest BCUT2D eigenvalue weighted by Crippen LogP contribution is -2.39. The number of aryl methyl sites for hydroxylation is 1. The molecular formula is C15H24IN3. The minimum atomic E-state index is 0. The molecule has 0 heterocycles. The van der Waals surface area contributed by atoms with Crippen LogP contribution in [0.15, 0.2) is 29.3 Å². The fourth-order valence-electron chi connectivity index (χ4n) is 1.98. The normalized spacial score (nSPS) is 14.7. The van der Waals surface area contributed by atoms with Gasteiger partial charge in [0.2, 0.25) is 0 Å². The molecule has 0 aromatic heterocycles. The Morgan fingerprint density at radius 1 is 1.32 bits per heavy atom. The molecule has 1 aromatic carbocycles. The van der Waals surface area contributed by atoms with Crippen molar-refractivity contribution in [1.82, 2.24) is 10.6 Å². The molecule has 0 radical (unpaired) electrons. The highest BCUT2D eigenvalue weighted by Crippen LogP contribution is 2.27. The Labute approximate surface area is 133 Å². The van der Waals surface area contributed by atoms with Gasteiger partial charge in [0.1, 0.15) is 0 Å². The van der Waals surface area contributed by atoms with Crippen molar-refractivity contribution in [3.63, 3.8) is 0 Å². The number of hydrogen-bond acceptors (Lipinski definition) is 1. The Hall–Kier alpha value is -0.780. The second-order valence-corrected chi connectivity index (χ2v) is 5.06. The number of halogens is 1. The molecule has 2 N–H and O–H groups in total. The molecule has 1 aliphatic carbocycles. The standard InChI is InChI=1S/C15H23N3.HI/c1-12-4-3-5-13(10-12)8-9-17-15(16-2)18-11-14-6-7-14;/h3-5,10,14H,6-9,11H2,1-2H3,(H2,16,17,18);1H. The first-order chi connectivity index (χ1) is 8.78. The third-order valence-electron chi connectivity index (χ3n) is 3.27. The van der Waals surface area contributed by atoms with Crippen molar-refractivity contribution in [2.75, 3.05) is 20.1 Å². The van der Waals surface area contributed by atoms with Gasteiger partial charge in [0.05, 0.1) is 0 Å². The summed E-state index contributed by atoms with van der Waals surface area (Å²) in [6.45, 7) is 4.12. The third kappa shape index (κ3) is 6.27. The molecule has 106 valence electrons. The van der Waals surface area contributed by atoms with Crippen molar-refractivity contribution >= 4 is 29.9 Å². The summed E-state index contributed by atoms with van der Waals surface area (Å²) in [6, 6.07) is 8.66. The molecule has 19 heavy (non-hydrogen) atoms. The maximum atomic E-state index is 4.23. The fourth-order valence-corrected chi connectivity index (χ4v) is 1.98. The van der Waals surface area contributed by atoms with Crippen molar-refractivity contribution in [2.45, 2.75) is 26.2 Å². The van der Waals surface area contributed by atoms with E-state index in [1.807, 2.05) is 7.05 Å². The van der Waals surface area contributed by atoms with Crippen LogP contribution in [0.1, 0.15) is 24.0 Å². The minimum absolute atomic E-state index is 0. The van der Waals surface area contributed by atoms with Gasteiger partial charge in [-0.3, -0.25) is 4.99 Å². The van der Waals surface area contributed by atoms with Crippen LogP contribution in [0.3, 0.4) is 0 Å². The number of rotatable bonds is 5. The lowest BCUT2D eigenvalue weighted by Gasteiger charge is -2.11. The van der Waals surface area contributed by atoms with Crippen molar-refractivity contribution in [3.8, 4) is 0 Å². The van der Waals surface area contributed by atoms with Gasteiger partial charge in [-0.2, -0.15) is 0 Å². The van der Waals surface area contributed by atoms with Gasteiger partial charge in [-0.1, -0.05) is 29.8 Å². The average Bonchev–Trinajstić information content (AvgIpc) is 3.17. The molecule has 3 nitrogen and oxygen atoms in total. The molecule has 0 amide bonds. The number of guanidine groups is 1. The van der Waals surface area contributed by atoms with Gasteiger partial charge in [-0.15, -0.1) is 24.0 Å². The maximum Gasteiger partial charge on any atom is 0.190 e. The van der Waals surface area contributed by atoms with Gasteiger partial charge < -0.3 is 10.6 Å². The Kier molecular flexibility index (Phi) is 7.20. The summed E-state index contributed by atoms with van der Waals surface area (Å²) < 4.78 is 0. The molecule has 0 spiro atoms. The second-order valence-electron chi connectivity index (χ2n) is 5.06. The summed E-state index contributed by atoms with van der Waals surface area (Å²) in [4.78, 5) is 4.23. The van der Waals surface area contributed by atoms with E-state index in [1.165, 1.54) is 24.0 Å². The quantitative estimate of drug-likeness (QED) is 0.473. The number of nitrogens with zero attached hydrogens (tertiary/aromatic N) is 1. The molecule has 1 aromatic rings. The molecule has 1 aliphatic rings. The average molecular weight is 373 g/mol. The summed E-state index contributed by atoms with van der Waals surface area (Å²) in [7, 11) is 1.83. The molecule has 1 fully saturated rings. The van der Waals surface area contributed by atoms with E-state index in [0.29, 0.717) is 0 Å². The Morgan fingerprint density at radius 2 is 2.11 bits per heavy atom. The highest BCUT2D eigenvalue weighted by Gasteiger charge is 2.20. The van der Waals surface area contributed by atoms with E-state index in [2.05, 4.69) is 46.8 Å². The SMILES string of the molecule is CN=C(NCCc1cccc(C)c1)NCC1CC1.I. The topological polar surface area (TPSA) is 36.4 Å². The van der Waals surface area contributed by atoms with Crippen LogP contribution < -0.4 is 10.6 Å². The first kappa shape index (κ1) is 16.3. The third-order valence-corrected chi connectivity index (χ3v) is 3.27. The Balaban J connectivity index is 0.00000180. The largest absolute Gasteiger partial charge is 0.356 e. The molecule has 2 rings (SSSR count). The molecule has 0 aliphatic heterocycles. The van der Waals surface area contributed by atoms with Gasteiger partial charge >= 0.3 is 0 Å². The van der Waals surface area contributed by atoms with Crippen LogP contribution in [-0.2, 0) is 6.42 Å². The number of benzene rings is 1. The highest BCUT2D eigenvalue weighted by molar-refractivity contribution is 14.0. The number of nitrogens with one attached hydrogen (secondary N) is 2. The van der Waals surface area contributed by atoms with Crippen LogP contribution in [0.5, 0.6) is 0 Å². The number of hydrogen-bond donors (Lipinski definition) is 2. The van der Waals surface area contributed by atoms with Crippen LogP contribution in [0.4, 0.5) is 0 Å². The predicted octanol–water partition coefficient (Wildman–Crippen LogP) is 2.73. The van der Waals surface area contributed by atoms with Crippen molar-refractivity contribution in [1.29, 1.82) is 0 Å². The molecule has 0 unspecified atom stereocenters. The molecular weight excluding hydrogens is 349 g/mol. The van der Waals surface area contributed by atoms with E-state index in [4.69, 9.17) is 0 Å². The Morgan fingerprint density at radius 3 is 2.74 bits per heavy atom. The zero-order valence-corrected chi connectivity index (χ0v) is 14.1. The van der Waals surface area contributed by atoms with Gasteiger partial charge in [0, 0.05) is 20.1 Å². The Bertz CT molecular complexity index is 414. The van der Waals surface area contributed by atoms with Gasteiger partial charge in [-0.05, 0) is 37.7 Å². The molecule has 0 atom stereocenters. The van der Waals surface area contributed by atoms with E-state index < -0.39 is 0 Å². The van der Waals surface area contributed by atoms with Crippen LogP contribution in [0.2, 0.25) is 0 Å². The maximum absolute atomic E-state index is 4.23. The molecule has 0 bridgehead atoms. The van der Waals surface area contributed by atoms with Crippen molar-refractivity contribution in [2.24, 2.45) is 10.9 Å². The highest BCUT2D eigenvalue weighted by atomic mass is 127. The van der Waals surface area contributed by atoms with Gasteiger partial charge in [0.25, 0.3) is 0 Å². The van der Waals surface area contributed by atoms with Crippen LogP contribution >= 0.6 is 24.0 Å². The predicted molar refractivity (Wildman–Crippen MR) is 92.4 cm³/mol. The van der Waals surface area contributed by atoms with Crippen LogP contribution in [-0.4, -0.2) is 26.1 Å². The summed E-state index contributed by atoms with van der Waals surface area (Å²) in [5.74, 6) is 1.80. The lowest BCUT2D eigenvalue weighted by molar-refractivity contribution is 0.734. The first-order valence-electron chi connectivity index (χ1n) is 6.78. The second kappa shape index (κ2) is 8.40. The van der Waals surface area contributed by atoms with E-state index in [-0.39, 0.29) is 24.0 Å². The zero-order chi connectivity index (χ0) is 12.8. The summed E-state index contributed by atoms with van der Waals surface area (Å²) in [5, 5.41) is 6.73. The number of aliphatic imine (C=N–C) groups is 1. The first-order valence-corrected chi connectivity index (χ1v) is 6.78. The van der Waals surface area contributed by atoms with E-state index in [9.17, 15) is 0 Å². The minimum Gasteiger partial charge on any atom is -0.356 e. The molecule has 1 saturated carbocycles. The molecule has 4 heteroatoms. The molecule has 0 saturated heterocycles. The van der Waals surface area contributed by atoms with Crippen LogP contribution in [0, 0.1) is 12.8 Å². The summed E-state index contributed by atoms with van der Waals surface area (Å²) in [5.41, 5.74) is 2.70. The van der Waals surface area contributed by atoms with Crippen molar-refractivity contribution in [3.05, 3.63) is 35.4 Å². The van der Waals surface area contributed by atoms with Crippen molar-refractivity contribution < 1.29 is 0 Å². The van der Waals surface area contributed by atoms with E-state index in [0.717, 1.165) is 31.4 Å². The fraction of sp³-hybridized carbons (Fsp3) is 0.533. The van der Waals surface area contributed by atoms with E-state index >= 15 is 0 Å². The lowest BCUT2D eigenvalue weighted by atomic mass is 10.1. The monoisotopic (exact) mass is 373 g/mol. The van der Waals surface area contributed by atoms with Crippen LogP contribution in [0.25, 0.3) is 0 Å².